The summed E-state index contributed by atoms with van der Waals surface area (Å²) in [7, 11) is 1.54. The van der Waals surface area contributed by atoms with Gasteiger partial charge in [-0.15, -0.1) is 0 Å². The second-order valence-corrected chi connectivity index (χ2v) is 4.65. The molecule has 1 aliphatic carbocycles. The molecule has 0 heterocycles. The van der Waals surface area contributed by atoms with Crippen molar-refractivity contribution in [3.05, 3.63) is 39.7 Å². The van der Waals surface area contributed by atoms with E-state index in [0.717, 1.165) is 25.0 Å². The number of hydrogen-bond donors (Lipinski definition) is 0. The number of benzene rings is 1. The maximum atomic E-state index is 13.3. The van der Waals surface area contributed by atoms with Crippen molar-refractivity contribution in [2.24, 2.45) is 0 Å². The van der Waals surface area contributed by atoms with E-state index in [1.165, 1.54) is 13.2 Å². The first-order valence-corrected chi connectivity index (χ1v) is 6.28. The molecule has 1 saturated carbocycles. The van der Waals surface area contributed by atoms with Gasteiger partial charge in [0, 0.05) is 31.3 Å². The van der Waals surface area contributed by atoms with Crippen LogP contribution >= 0.6 is 0 Å². The van der Waals surface area contributed by atoms with Crippen molar-refractivity contribution in [1.82, 2.24) is 4.90 Å². The van der Waals surface area contributed by atoms with E-state index in [1.54, 1.807) is 4.90 Å². The number of amides is 1. The molecular formula is C13H15FN2O4. The van der Waals surface area contributed by atoms with Crippen LogP contribution in [0.5, 0.6) is 0 Å². The largest absolute Gasteiger partial charge is 0.383 e. The molecule has 1 fully saturated rings. The minimum atomic E-state index is -0.943. The fourth-order valence-corrected chi connectivity index (χ4v) is 1.98. The Balaban J connectivity index is 2.22. The van der Waals surface area contributed by atoms with Gasteiger partial charge in [-0.05, 0) is 25.0 Å². The van der Waals surface area contributed by atoms with Crippen molar-refractivity contribution >= 4 is 11.6 Å². The molecule has 20 heavy (non-hydrogen) atoms. The van der Waals surface area contributed by atoms with Crippen molar-refractivity contribution in [1.29, 1.82) is 0 Å². The van der Waals surface area contributed by atoms with Gasteiger partial charge in [-0.2, -0.15) is 4.39 Å². The third kappa shape index (κ3) is 3.11. The zero-order valence-corrected chi connectivity index (χ0v) is 11.0. The first-order valence-electron chi connectivity index (χ1n) is 6.28. The number of methoxy groups -OCH3 is 1. The number of nitro benzene ring substituents is 1. The standard InChI is InChI=1S/C13H15FN2O4/c1-20-7-6-15(10-3-4-10)13(17)9-2-5-11(14)12(8-9)16(18)19/h2,5,8,10H,3-4,6-7H2,1H3. The molecule has 0 bridgehead atoms. The van der Waals surface area contributed by atoms with Gasteiger partial charge >= 0.3 is 5.69 Å². The Morgan fingerprint density at radius 1 is 1.55 bits per heavy atom. The maximum Gasteiger partial charge on any atom is 0.305 e. The van der Waals surface area contributed by atoms with Gasteiger partial charge in [0.1, 0.15) is 0 Å². The Kier molecular flexibility index (Phi) is 4.29. The third-order valence-corrected chi connectivity index (χ3v) is 3.17. The molecule has 0 unspecified atom stereocenters. The van der Waals surface area contributed by atoms with Gasteiger partial charge in [0.05, 0.1) is 11.5 Å². The van der Waals surface area contributed by atoms with Gasteiger partial charge in [0.15, 0.2) is 0 Å². The van der Waals surface area contributed by atoms with Gasteiger partial charge in [0.25, 0.3) is 5.91 Å². The Hall–Kier alpha value is -2.02. The molecular weight excluding hydrogens is 267 g/mol. The van der Waals surface area contributed by atoms with E-state index in [0.29, 0.717) is 13.2 Å². The normalized spacial score (nSPS) is 14.1. The van der Waals surface area contributed by atoms with Gasteiger partial charge < -0.3 is 9.64 Å². The smallest absolute Gasteiger partial charge is 0.305 e. The van der Waals surface area contributed by atoms with E-state index in [-0.39, 0.29) is 17.5 Å². The number of ether oxygens (including phenoxy) is 1. The lowest BCUT2D eigenvalue weighted by atomic mass is 10.1. The SMILES string of the molecule is COCCN(C(=O)c1ccc(F)c([N+](=O)[O-])c1)C1CC1. The summed E-state index contributed by atoms with van der Waals surface area (Å²) in [6, 6.07) is 3.36. The molecule has 1 aromatic carbocycles. The summed E-state index contributed by atoms with van der Waals surface area (Å²) in [5.41, 5.74) is -0.556. The summed E-state index contributed by atoms with van der Waals surface area (Å²) in [5.74, 6) is -1.27. The molecule has 0 radical (unpaired) electrons. The summed E-state index contributed by atoms with van der Waals surface area (Å²) in [6.45, 7) is 0.816. The molecule has 0 aromatic heterocycles. The van der Waals surface area contributed by atoms with Crippen LogP contribution in [0, 0.1) is 15.9 Å². The Morgan fingerprint density at radius 3 is 2.80 bits per heavy atom. The van der Waals surface area contributed by atoms with Crippen LogP contribution in [0.25, 0.3) is 0 Å². The number of halogens is 1. The fraction of sp³-hybridized carbons (Fsp3) is 0.462. The zero-order chi connectivity index (χ0) is 14.7. The molecule has 2 rings (SSSR count). The number of carbonyl (C=O) groups excluding carboxylic acids is 1. The van der Waals surface area contributed by atoms with E-state index in [4.69, 9.17) is 4.74 Å². The highest BCUT2D eigenvalue weighted by Crippen LogP contribution is 2.29. The molecule has 0 aliphatic heterocycles. The predicted octanol–water partition coefficient (Wildman–Crippen LogP) is 1.98. The second-order valence-electron chi connectivity index (χ2n) is 4.65. The topological polar surface area (TPSA) is 72.7 Å². The molecule has 108 valence electrons. The van der Waals surface area contributed by atoms with Crippen molar-refractivity contribution in [3.8, 4) is 0 Å². The van der Waals surface area contributed by atoms with E-state index < -0.39 is 16.4 Å². The average molecular weight is 282 g/mol. The van der Waals surface area contributed by atoms with Crippen LogP contribution in [0.4, 0.5) is 10.1 Å². The van der Waals surface area contributed by atoms with Crippen molar-refractivity contribution in [3.63, 3.8) is 0 Å². The number of rotatable bonds is 6. The predicted molar refractivity (Wildman–Crippen MR) is 69.0 cm³/mol. The summed E-state index contributed by atoms with van der Waals surface area (Å²) in [5, 5.41) is 10.7. The van der Waals surface area contributed by atoms with Gasteiger partial charge in [-0.3, -0.25) is 14.9 Å². The van der Waals surface area contributed by atoms with E-state index >= 15 is 0 Å². The highest BCUT2D eigenvalue weighted by Gasteiger charge is 2.33. The molecule has 6 nitrogen and oxygen atoms in total. The monoisotopic (exact) mass is 282 g/mol. The fourth-order valence-electron chi connectivity index (χ4n) is 1.98. The first-order chi connectivity index (χ1) is 9.54. The van der Waals surface area contributed by atoms with Crippen LogP contribution in [-0.2, 0) is 4.74 Å². The minimum Gasteiger partial charge on any atom is -0.383 e. The van der Waals surface area contributed by atoms with Gasteiger partial charge in [0.2, 0.25) is 5.82 Å². The molecule has 0 N–H and O–H groups in total. The Morgan fingerprint density at radius 2 is 2.25 bits per heavy atom. The number of nitro groups is 1. The molecule has 0 saturated heterocycles. The van der Waals surface area contributed by atoms with Gasteiger partial charge in [-0.25, -0.2) is 0 Å². The lowest BCUT2D eigenvalue weighted by molar-refractivity contribution is -0.387. The maximum absolute atomic E-state index is 13.3. The summed E-state index contributed by atoms with van der Waals surface area (Å²) >= 11 is 0. The quantitative estimate of drug-likeness (QED) is 0.590. The minimum absolute atomic E-state index is 0.126. The third-order valence-electron chi connectivity index (χ3n) is 3.17. The van der Waals surface area contributed by atoms with Crippen molar-refractivity contribution in [2.75, 3.05) is 20.3 Å². The van der Waals surface area contributed by atoms with E-state index in [9.17, 15) is 19.3 Å². The Bertz CT molecular complexity index is 531. The molecule has 0 spiro atoms. The van der Waals surface area contributed by atoms with E-state index in [2.05, 4.69) is 0 Å². The lowest BCUT2D eigenvalue weighted by Crippen LogP contribution is -2.35. The van der Waals surface area contributed by atoms with Crippen molar-refractivity contribution in [2.45, 2.75) is 18.9 Å². The van der Waals surface area contributed by atoms with Gasteiger partial charge in [-0.1, -0.05) is 0 Å². The van der Waals surface area contributed by atoms with Crippen LogP contribution in [0.1, 0.15) is 23.2 Å². The lowest BCUT2D eigenvalue weighted by Gasteiger charge is -2.22. The van der Waals surface area contributed by atoms with Crippen LogP contribution < -0.4 is 0 Å². The molecule has 1 aliphatic rings. The van der Waals surface area contributed by atoms with Crippen LogP contribution in [0.3, 0.4) is 0 Å². The summed E-state index contributed by atoms with van der Waals surface area (Å²) in [4.78, 5) is 23.8. The number of carbonyl (C=O) groups is 1. The molecule has 7 heteroatoms. The first kappa shape index (κ1) is 14.4. The Labute approximate surface area is 115 Å². The van der Waals surface area contributed by atoms with Crippen LogP contribution in [-0.4, -0.2) is 42.0 Å². The molecule has 1 amide bonds. The summed E-state index contributed by atoms with van der Waals surface area (Å²) < 4.78 is 18.2. The molecule has 1 aromatic rings. The van der Waals surface area contributed by atoms with Crippen LogP contribution in [0.2, 0.25) is 0 Å². The average Bonchev–Trinajstić information content (AvgIpc) is 3.23. The van der Waals surface area contributed by atoms with Crippen molar-refractivity contribution < 1.29 is 18.8 Å². The van der Waals surface area contributed by atoms with E-state index in [1.807, 2.05) is 0 Å². The van der Waals surface area contributed by atoms with Crippen LogP contribution in [0.15, 0.2) is 18.2 Å². The number of nitrogens with zero attached hydrogens (tertiary/aromatic N) is 2. The molecule has 0 atom stereocenters. The zero-order valence-electron chi connectivity index (χ0n) is 11.0. The highest BCUT2D eigenvalue weighted by molar-refractivity contribution is 5.95. The second kappa shape index (κ2) is 5.96. The highest BCUT2D eigenvalue weighted by atomic mass is 19.1. The number of hydrogen-bond acceptors (Lipinski definition) is 4. The summed E-state index contributed by atoms with van der Waals surface area (Å²) in [6.07, 6.45) is 1.83.